The van der Waals surface area contributed by atoms with E-state index in [9.17, 15) is 9.18 Å². The van der Waals surface area contributed by atoms with E-state index in [1.165, 1.54) is 31.4 Å². The summed E-state index contributed by atoms with van der Waals surface area (Å²) in [5.41, 5.74) is 6.17. The van der Waals surface area contributed by atoms with E-state index in [-0.39, 0.29) is 34.2 Å². The van der Waals surface area contributed by atoms with Crippen molar-refractivity contribution < 1.29 is 18.7 Å². The zero-order valence-corrected chi connectivity index (χ0v) is 12.0. The van der Waals surface area contributed by atoms with Crippen LogP contribution in [0.1, 0.15) is 15.9 Å². The molecule has 0 heterocycles. The molecule has 2 aromatic carbocycles. The zero-order chi connectivity index (χ0) is 15.4. The number of hydrogen-bond donors (Lipinski definition) is 1. The van der Waals surface area contributed by atoms with Gasteiger partial charge in [-0.3, -0.25) is 0 Å². The summed E-state index contributed by atoms with van der Waals surface area (Å²) in [6.45, 7) is -0.244. The average Bonchev–Trinajstić information content (AvgIpc) is 2.46. The molecule has 2 rings (SSSR count). The summed E-state index contributed by atoms with van der Waals surface area (Å²) in [5.74, 6) is -1.19. The zero-order valence-electron chi connectivity index (χ0n) is 11.2. The summed E-state index contributed by atoms with van der Waals surface area (Å²) in [6.07, 6.45) is 0. The van der Waals surface area contributed by atoms with Crippen LogP contribution in [0.25, 0.3) is 0 Å². The van der Waals surface area contributed by atoms with Crippen LogP contribution in [0.15, 0.2) is 36.4 Å². The predicted octanol–water partition coefficient (Wildman–Crippen LogP) is 3.43. The Morgan fingerprint density at radius 2 is 2.00 bits per heavy atom. The molecule has 0 aliphatic carbocycles. The third-order valence-corrected chi connectivity index (χ3v) is 3.19. The number of nitrogen functional groups attached to an aromatic ring is 1. The minimum absolute atomic E-state index is 0.0717. The van der Waals surface area contributed by atoms with Crippen molar-refractivity contribution >= 4 is 23.3 Å². The highest BCUT2D eigenvalue weighted by Crippen LogP contribution is 2.24. The Hall–Kier alpha value is -2.27. The molecule has 0 fully saturated rings. The monoisotopic (exact) mass is 309 g/mol. The molecule has 0 radical (unpaired) electrons. The second-order valence-corrected chi connectivity index (χ2v) is 4.62. The molecule has 0 unspecified atom stereocenters. The minimum Gasteiger partial charge on any atom is -0.494 e. The quantitative estimate of drug-likeness (QED) is 0.694. The maximum absolute atomic E-state index is 13.9. The number of ether oxygens (including phenoxy) is 2. The number of rotatable bonds is 4. The molecule has 0 amide bonds. The molecular formula is C15H13ClFNO3. The van der Waals surface area contributed by atoms with Crippen LogP contribution in [-0.4, -0.2) is 13.1 Å². The van der Waals surface area contributed by atoms with Gasteiger partial charge < -0.3 is 15.2 Å². The van der Waals surface area contributed by atoms with Gasteiger partial charge in [0.15, 0.2) is 11.6 Å². The molecule has 2 N–H and O–H groups in total. The normalized spacial score (nSPS) is 10.2. The first-order valence-corrected chi connectivity index (χ1v) is 6.45. The lowest BCUT2D eigenvalue weighted by Gasteiger charge is -2.10. The largest absolute Gasteiger partial charge is 0.494 e. The number of carbonyl (C=O) groups excluding carboxylic acids is 1. The fourth-order valence-electron chi connectivity index (χ4n) is 1.80. The van der Waals surface area contributed by atoms with E-state index >= 15 is 0 Å². The van der Waals surface area contributed by atoms with E-state index in [1.807, 2.05) is 0 Å². The Morgan fingerprint density at radius 1 is 1.29 bits per heavy atom. The van der Waals surface area contributed by atoms with Crippen LogP contribution in [0, 0.1) is 5.82 Å². The Balaban J connectivity index is 2.15. The number of carbonyl (C=O) groups is 1. The van der Waals surface area contributed by atoms with Crippen molar-refractivity contribution in [2.24, 2.45) is 0 Å². The lowest BCUT2D eigenvalue weighted by atomic mass is 10.2. The van der Waals surface area contributed by atoms with Crippen molar-refractivity contribution in [1.82, 2.24) is 0 Å². The van der Waals surface area contributed by atoms with Gasteiger partial charge in [-0.25, -0.2) is 9.18 Å². The van der Waals surface area contributed by atoms with Crippen LogP contribution < -0.4 is 10.5 Å². The predicted molar refractivity (Wildman–Crippen MR) is 77.9 cm³/mol. The SMILES string of the molecule is COc1cccc(COC(=O)c2c(N)cccc2Cl)c1F. The highest BCUT2D eigenvalue weighted by Gasteiger charge is 2.17. The molecule has 0 aliphatic rings. The number of esters is 1. The molecule has 6 heteroatoms. The number of nitrogens with two attached hydrogens (primary N) is 1. The summed E-state index contributed by atoms with van der Waals surface area (Å²) in [4.78, 5) is 12.0. The van der Waals surface area contributed by atoms with Gasteiger partial charge in [0.2, 0.25) is 0 Å². The van der Waals surface area contributed by atoms with Gasteiger partial charge in [-0.1, -0.05) is 29.8 Å². The molecule has 0 saturated heterocycles. The Morgan fingerprint density at radius 3 is 2.67 bits per heavy atom. The third kappa shape index (κ3) is 3.25. The Labute approximate surface area is 126 Å². The fraction of sp³-hybridized carbons (Fsp3) is 0.133. The van der Waals surface area contributed by atoms with Crippen LogP contribution >= 0.6 is 11.6 Å². The molecule has 0 bridgehead atoms. The smallest absolute Gasteiger partial charge is 0.342 e. The van der Waals surface area contributed by atoms with Crippen molar-refractivity contribution in [1.29, 1.82) is 0 Å². The molecular weight excluding hydrogens is 297 g/mol. The van der Waals surface area contributed by atoms with Crippen molar-refractivity contribution in [3.8, 4) is 5.75 Å². The summed E-state index contributed by atoms with van der Waals surface area (Å²) >= 11 is 5.91. The summed E-state index contributed by atoms with van der Waals surface area (Å²) in [6, 6.07) is 9.27. The van der Waals surface area contributed by atoms with Crippen LogP contribution in [0.4, 0.5) is 10.1 Å². The van der Waals surface area contributed by atoms with Crippen molar-refractivity contribution in [3.63, 3.8) is 0 Å². The van der Waals surface area contributed by atoms with Gasteiger partial charge in [0, 0.05) is 11.3 Å². The van der Waals surface area contributed by atoms with Crippen LogP contribution in [0.2, 0.25) is 5.02 Å². The van der Waals surface area contributed by atoms with Gasteiger partial charge in [0.1, 0.15) is 12.2 Å². The maximum Gasteiger partial charge on any atom is 0.342 e. The van der Waals surface area contributed by atoms with Crippen LogP contribution in [0.5, 0.6) is 5.75 Å². The number of methoxy groups -OCH3 is 1. The van der Waals surface area contributed by atoms with Gasteiger partial charge in [0.25, 0.3) is 0 Å². The van der Waals surface area contributed by atoms with Gasteiger partial charge in [-0.15, -0.1) is 0 Å². The van der Waals surface area contributed by atoms with Gasteiger partial charge >= 0.3 is 5.97 Å². The molecule has 21 heavy (non-hydrogen) atoms. The van der Waals surface area contributed by atoms with Crippen LogP contribution in [-0.2, 0) is 11.3 Å². The number of hydrogen-bond acceptors (Lipinski definition) is 4. The summed E-state index contributed by atoms with van der Waals surface area (Å²) in [5, 5.41) is 0.186. The fourth-order valence-corrected chi connectivity index (χ4v) is 2.06. The number of anilines is 1. The summed E-state index contributed by atoms with van der Waals surface area (Å²) < 4.78 is 23.8. The van der Waals surface area contributed by atoms with E-state index in [4.69, 9.17) is 26.8 Å². The van der Waals surface area contributed by atoms with Gasteiger partial charge in [-0.2, -0.15) is 0 Å². The number of halogens is 2. The van der Waals surface area contributed by atoms with Crippen molar-refractivity contribution in [2.45, 2.75) is 6.61 Å². The topological polar surface area (TPSA) is 61.5 Å². The Kier molecular flexibility index (Phi) is 4.65. The van der Waals surface area contributed by atoms with E-state index in [0.717, 1.165) is 0 Å². The average molecular weight is 310 g/mol. The van der Waals surface area contributed by atoms with E-state index in [1.54, 1.807) is 12.1 Å². The lowest BCUT2D eigenvalue weighted by Crippen LogP contribution is -2.10. The molecule has 0 saturated carbocycles. The molecule has 0 aliphatic heterocycles. The summed E-state index contributed by atoms with van der Waals surface area (Å²) in [7, 11) is 1.36. The molecule has 2 aromatic rings. The van der Waals surface area contributed by atoms with Crippen LogP contribution in [0.3, 0.4) is 0 Å². The second kappa shape index (κ2) is 6.45. The third-order valence-electron chi connectivity index (χ3n) is 2.87. The van der Waals surface area contributed by atoms with Crippen molar-refractivity contribution in [3.05, 3.63) is 58.4 Å². The molecule has 0 spiro atoms. The Bertz CT molecular complexity index is 656. The number of benzene rings is 2. The van der Waals surface area contributed by atoms with Gasteiger partial charge in [0.05, 0.1) is 12.1 Å². The van der Waals surface area contributed by atoms with Crippen molar-refractivity contribution in [2.75, 3.05) is 12.8 Å². The first kappa shape index (κ1) is 15.1. The molecule has 110 valence electrons. The van der Waals surface area contributed by atoms with Gasteiger partial charge in [-0.05, 0) is 18.2 Å². The first-order valence-electron chi connectivity index (χ1n) is 6.07. The maximum atomic E-state index is 13.9. The lowest BCUT2D eigenvalue weighted by molar-refractivity contribution is 0.0470. The minimum atomic E-state index is -0.708. The first-order chi connectivity index (χ1) is 10.0. The van der Waals surface area contributed by atoms with E-state index in [2.05, 4.69) is 0 Å². The highest BCUT2D eigenvalue weighted by molar-refractivity contribution is 6.34. The highest BCUT2D eigenvalue weighted by atomic mass is 35.5. The van der Waals surface area contributed by atoms with E-state index in [0.29, 0.717) is 0 Å². The van der Waals surface area contributed by atoms with E-state index < -0.39 is 11.8 Å². The molecule has 4 nitrogen and oxygen atoms in total. The molecule has 0 aromatic heterocycles. The second-order valence-electron chi connectivity index (χ2n) is 4.21. The standard InChI is InChI=1S/C15H13ClFNO3/c1-20-12-7-2-4-9(14(12)17)8-21-15(19)13-10(16)5-3-6-11(13)18/h2-7H,8,18H2,1H3. The molecule has 0 atom stereocenters.